The maximum absolute atomic E-state index is 10.7. The molecule has 0 amide bonds. The van der Waals surface area contributed by atoms with Gasteiger partial charge in [0.25, 0.3) is 0 Å². The highest BCUT2D eigenvalue weighted by Gasteiger charge is 2.52. The molecule has 2 rings (SSSR count). The van der Waals surface area contributed by atoms with Crippen LogP contribution in [-0.2, 0) is 9.63 Å². The summed E-state index contributed by atoms with van der Waals surface area (Å²) in [5, 5.41) is 2.26. The largest absolute Gasteiger partial charge is 0.303 e. The van der Waals surface area contributed by atoms with Crippen LogP contribution in [0.15, 0.2) is 0 Å². The summed E-state index contributed by atoms with van der Waals surface area (Å²) in [5.41, 5.74) is 0.283. The third-order valence-corrected chi connectivity index (χ3v) is 5.67. The fourth-order valence-electron chi connectivity index (χ4n) is 4.05. The molecule has 1 saturated carbocycles. The van der Waals surface area contributed by atoms with Crippen LogP contribution in [0.3, 0.4) is 0 Å². The maximum atomic E-state index is 10.7. The molecule has 1 aliphatic heterocycles. The average Bonchev–Trinajstić information content (AvgIpc) is 2.30. The first kappa shape index (κ1) is 16.0. The lowest BCUT2D eigenvalue weighted by Crippen LogP contribution is -2.63. The van der Waals surface area contributed by atoms with Crippen LogP contribution >= 0.6 is 0 Å². The Morgan fingerprint density at radius 3 is 2.10 bits per heavy atom. The Morgan fingerprint density at radius 1 is 1.10 bits per heavy atom. The Kier molecular flexibility index (Phi) is 4.07. The van der Waals surface area contributed by atoms with Crippen LogP contribution < -0.4 is 0 Å². The Labute approximate surface area is 124 Å². The van der Waals surface area contributed by atoms with E-state index in [2.05, 4.69) is 46.6 Å². The van der Waals surface area contributed by atoms with E-state index in [1.54, 1.807) is 0 Å². The van der Waals surface area contributed by atoms with Gasteiger partial charge in [0, 0.05) is 17.5 Å². The third-order valence-electron chi connectivity index (χ3n) is 5.67. The molecule has 1 aliphatic carbocycles. The number of hydrogen-bond donors (Lipinski definition) is 0. The molecule has 116 valence electrons. The average molecular weight is 281 g/mol. The molecule has 2 fully saturated rings. The molecular formula is C17H31NO2. The minimum atomic E-state index is 0.0908. The van der Waals surface area contributed by atoms with Gasteiger partial charge in [-0.1, -0.05) is 13.8 Å². The fourth-order valence-corrected chi connectivity index (χ4v) is 4.05. The van der Waals surface area contributed by atoms with Crippen molar-refractivity contribution in [2.75, 3.05) is 0 Å². The monoisotopic (exact) mass is 281 g/mol. The van der Waals surface area contributed by atoms with Crippen LogP contribution in [0.5, 0.6) is 0 Å². The predicted octanol–water partition coefficient (Wildman–Crippen LogP) is 3.96. The summed E-state index contributed by atoms with van der Waals surface area (Å²) < 4.78 is 0. The predicted molar refractivity (Wildman–Crippen MR) is 81.3 cm³/mol. The first-order valence-electron chi connectivity index (χ1n) is 8.02. The molecule has 0 spiro atoms. The Balaban J connectivity index is 2.07. The molecule has 0 aromatic rings. The van der Waals surface area contributed by atoms with Crippen LogP contribution in [0.4, 0.5) is 0 Å². The van der Waals surface area contributed by atoms with Crippen molar-refractivity contribution >= 4 is 6.29 Å². The second-order valence-corrected chi connectivity index (χ2v) is 8.52. The number of aldehydes is 1. The molecule has 2 aliphatic rings. The number of piperidine rings is 1. The highest BCUT2D eigenvalue weighted by Crippen LogP contribution is 2.51. The van der Waals surface area contributed by atoms with Gasteiger partial charge in [0.2, 0.25) is 0 Å². The summed E-state index contributed by atoms with van der Waals surface area (Å²) >= 11 is 0. The van der Waals surface area contributed by atoms with Gasteiger partial charge in [-0.2, -0.15) is 5.06 Å². The van der Waals surface area contributed by atoms with E-state index in [-0.39, 0.29) is 22.6 Å². The van der Waals surface area contributed by atoms with E-state index in [1.165, 1.54) is 19.3 Å². The SMILES string of the molecule is CC1(C)[C@H](CC=O)C[C@@H]1ON1C(C)(C)CCCC1(C)C. The second kappa shape index (κ2) is 5.10. The van der Waals surface area contributed by atoms with E-state index in [1.807, 2.05) is 0 Å². The minimum Gasteiger partial charge on any atom is -0.303 e. The Bertz CT molecular complexity index is 357. The molecule has 0 bridgehead atoms. The van der Waals surface area contributed by atoms with Gasteiger partial charge >= 0.3 is 0 Å². The zero-order chi connectivity index (χ0) is 15.2. The van der Waals surface area contributed by atoms with Crippen LogP contribution in [0, 0.1) is 11.3 Å². The van der Waals surface area contributed by atoms with Crippen molar-refractivity contribution in [3.8, 4) is 0 Å². The van der Waals surface area contributed by atoms with E-state index in [0.29, 0.717) is 12.3 Å². The van der Waals surface area contributed by atoms with Crippen LogP contribution in [0.25, 0.3) is 0 Å². The smallest absolute Gasteiger partial charge is 0.120 e. The third kappa shape index (κ3) is 2.67. The van der Waals surface area contributed by atoms with Gasteiger partial charge in [-0.05, 0) is 64.7 Å². The maximum Gasteiger partial charge on any atom is 0.120 e. The number of carbonyl (C=O) groups excluding carboxylic acids is 1. The standard InChI is InChI=1S/C17H31NO2/c1-15(2)9-7-10-16(3,4)18(15)20-14-12-13(8-11-19)17(14,5)6/h11,13-14H,7-10,12H2,1-6H3/t13-,14+/m1/s1. The topological polar surface area (TPSA) is 29.5 Å². The van der Waals surface area contributed by atoms with Crippen LogP contribution in [0.2, 0.25) is 0 Å². The van der Waals surface area contributed by atoms with E-state index in [9.17, 15) is 4.79 Å². The molecule has 0 aromatic heterocycles. The first-order valence-corrected chi connectivity index (χ1v) is 8.02. The van der Waals surface area contributed by atoms with Crippen LogP contribution in [0.1, 0.15) is 73.6 Å². The van der Waals surface area contributed by atoms with Crippen molar-refractivity contribution in [2.45, 2.75) is 90.8 Å². The van der Waals surface area contributed by atoms with Gasteiger partial charge in [-0.3, -0.25) is 4.84 Å². The van der Waals surface area contributed by atoms with Crippen molar-refractivity contribution in [3.05, 3.63) is 0 Å². The summed E-state index contributed by atoms with van der Waals surface area (Å²) in [7, 11) is 0. The lowest BCUT2D eigenvalue weighted by Gasteiger charge is -2.58. The summed E-state index contributed by atoms with van der Waals surface area (Å²) in [6, 6.07) is 0. The molecule has 1 heterocycles. The van der Waals surface area contributed by atoms with Crippen molar-refractivity contribution in [1.82, 2.24) is 5.06 Å². The van der Waals surface area contributed by atoms with Crippen molar-refractivity contribution in [2.24, 2.45) is 11.3 Å². The molecule has 0 N–H and O–H groups in total. The zero-order valence-electron chi connectivity index (χ0n) is 14.0. The lowest BCUT2D eigenvalue weighted by atomic mass is 9.59. The molecule has 1 saturated heterocycles. The Morgan fingerprint density at radius 2 is 1.65 bits per heavy atom. The zero-order valence-corrected chi connectivity index (χ0v) is 14.0. The highest BCUT2D eigenvalue weighted by molar-refractivity contribution is 5.50. The van der Waals surface area contributed by atoms with E-state index in [0.717, 1.165) is 12.7 Å². The minimum absolute atomic E-state index is 0.0908. The van der Waals surface area contributed by atoms with E-state index in [4.69, 9.17) is 4.84 Å². The van der Waals surface area contributed by atoms with E-state index >= 15 is 0 Å². The number of hydroxylamine groups is 2. The van der Waals surface area contributed by atoms with Gasteiger partial charge in [-0.25, -0.2) is 0 Å². The molecule has 3 nitrogen and oxygen atoms in total. The van der Waals surface area contributed by atoms with Gasteiger partial charge in [-0.15, -0.1) is 0 Å². The fraction of sp³-hybridized carbons (Fsp3) is 0.941. The molecule has 0 aromatic carbocycles. The van der Waals surface area contributed by atoms with Gasteiger partial charge in [0.05, 0.1) is 6.10 Å². The normalized spacial score (nSPS) is 35.3. The summed E-state index contributed by atoms with van der Waals surface area (Å²) in [6.07, 6.45) is 6.60. The highest BCUT2D eigenvalue weighted by atomic mass is 16.7. The number of rotatable bonds is 4. The van der Waals surface area contributed by atoms with Crippen molar-refractivity contribution < 1.29 is 9.63 Å². The van der Waals surface area contributed by atoms with Crippen molar-refractivity contribution in [3.63, 3.8) is 0 Å². The quantitative estimate of drug-likeness (QED) is 0.730. The van der Waals surface area contributed by atoms with Gasteiger partial charge < -0.3 is 4.79 Å². The molecular weight excluding hydrogens is 250 g/mol. The molecule has 0 unspecified atom stereocenters. The van der Waals surface area contributed by atoms with Crippen molar-refractivity contribution in [1.29, 1.82) is 0 Å². The summed E-state index contributed by atoms with van der Waals surface area (Å²) in [6.45, 7) is 13.6. The molecule has 3 heteroatoms. The molecule has 2 atom stereocenters. The number of nitrogens with zero attached hydrogens (tertiary/aromatic N) is 1. The number of carbonyl (C=O) groups is 1. The summed E-state index contributed by atoms with van der Waals surface area (Å²) in [5.74, 6) is 0.473. The molecule has 0 radical (unpaired) electrons. The second-order valence-electron chi connectivity index (χ2n) is 8.52. The van der Waals surface area contributed by atoms with Gasteiger partial charge in [0.15, 0.2) is 0 Å². The molecule has 20 heavy (non-hydrogen) atoms. The van der Waals surface area contributed by atoms with Crippen LogP contribution in [-0.4, -0.2) is 28.5 Å². The summed E-state index contributed by atoms with van der Waals surface area (Å²) in [4.78, 5) is 17.2. The number of hydrogen-bond acceptors (Lipinski definition) is 3. The Hall–Kier alpha value is -0.410. The van der Waals surface area contributed by atoms with E-state index < -0.39 is 0 Å². The van der Waals surface area contributed by atoms with Gasteiger partial charge in [0.1, 0.15) is 6.29 Å². The first-order chi connectivity index (χ1) is 9.11. The lowest BCUT2D eigenvalue weighted by molar-refractivity contribution is -0.346.